The van der Waals surface area contributed by atoms with E-state index in [1.54, 1.807) is 13.8 Å². The lowest BCUT2D eigenvalue weighted by Crippen LogP contribution is -2.48. The highest BCUT2D eigenvalue weighted by Gasteiger charge is 2.62. The third-order valence-corrected chi connectivity index (χ3v) is 2.99. The van der Waals surface area contributed by atoms with Crippen molar-refractivity contribution in [3.05, 3.63) is 0 Å². The van der Waals surface area contributed by atoms with Crippen molar-refractivity contribution >= 4 is 11.9 Å². The largest absolute Gasteiger partial charge is 0.455 e. The molecule has 4 unspecified atom stereocenters. The number of esters is 2. The van der Waals surface area contributed by atoms with E-state index in [-0.39, 0.29) is 6.42 Å². The molecule has 0 aromatic carbocycles. The fourth-order valence-corrected chi connectivity index (χ4v) is 2.06. The van der Waals surface area contributed by atoms with Crippen LogP contribution in [0.1, 0.15) is 20.3 Å². The fraction of sp³-hybridized carbons (Fsp3) is 0.818. The highest BCUT2D eigenvalue weighted by Crippen LogP contribution is 2.40. The summed E-state index contributed by atoms with van der Waals surface area (Å²) in [6.45, 7) is 3.11. The number of alkyl halides is 3. The van der Waals surface area contributed by atoms with Gasteiger partial charge in [0.2, 0.25) is 0 Å². The summed E-state index contributed by atoms with van der Waals surface area (Å²) in [5, 5.41) is 0. The molecule has 2 heterocycles. The van der Waals surface area contributed by atoms with Gasteiger partial charge in [-0.1, -0.05) is 13.8 Å². The van der Waals surface area contributed by atoms with Crippen LogP contribution in [-0.4, -0.2) is 42.5 Å². The molecular weight excluding hydrogens is 269 g/mol. The van der Waals surface area contributed by atoms with Crippen LogP contribution in [0.25, 0.3) is 0 Å². The monoisotopic (exact) mass is 282 g/mol. The number of ether oxygens (including phenoxy) is 3. The Morgan fingerprint density at radius 1 is 1.42 bits per heavy atom. The average Bonchev–Trinajstić information content (AvgIpc) is 2.49. The van der Waals surface area contributed by atoms with E-state index in [0.717, 1.165) is 0 Å². The minimum absolute atomic E-state index is 0.348. The van der Waals surface area contributed by atoms with Crippen LogP contribution in [0.15, 0.2) is 0 Å². The molecule has 2 rings (SSSR count). The van der Waals surface area contributed by atoms with Crippen LogP contribution in [0.5, 0.6) is 0 Å². The standard InChI is InChI=1S/C11H13F3O5/c1-4(2)10(16)19-7-5-3-6(15)18-8(7)9(17-5)11(12,13)14/h4-5,7-9H,3H2,1-2H3. The number of hydrogen-bond donors (Lipinski definition) is 0. The van der Waals surface area contributed by atoms with Crippen molar-refractivity contribution < 1.29 is 37.0 Å². The molecule has 2 saturated heterocycles. The van der Waals surface area contributed by atoms with Crippen molar-refractivity contribution in [2.75, 3.05) is 0 Å². The molecule has 0 spiro atoms. The van der Waals surface area contributed by atoms with Crippen molar-refractivity contribution in [1.29, 1.82) is 0 Å². The first-order valence-corrected chi connectivity index (χ1v) is 5.82. The summed E-state index contributed by atoms with van der Waals surface area (Å²) in [4.78, 5) is 22.6. The van der Waals surface area contributed by atoms with Crippen molar-refractivity contribution in [2.45, 2.75) is 50.9 Å². The molecule has 2 bridgehead atoms. The zero-order chi connectivity index (χ0) is 14.4. The Kier molecular flexibility index (Phi) is 3.46. The van der Waals surface area contributed by atoms with E-state index in [0.29, 0.717) is 0 Å². The Bertz CT molecular complexity index is 392. The van der Waals surface area contributed by atoms with Gasteiger partial charge in [0.25, 0.3) is 0 Å². The van der Waals surface area contributed by atoms with Crippen LogP contribution in [-0.2, 0) is 23.8 Å². The second-order valence-electron chi connectivity index (χ2n) is 4.85. The molecule has 0 amide bonds. The zero-order valence-corrected chi connectivity index (χ0v) is 10.3. The van der Waals surface area contributed by atoms with Gasteiger partial charge in [0.05, 0.1) is 12.3 Å². The maximum absolute atomic E-state index is 12.7. The van der Waals surface area contributed by atoms with Gasteiger partial charge < -0.3 is 14.2 Å². The molecule has 5 nitrogen and oxygen atoms in total. The molecule has 0 N–H and O–H groups in total. The van der Waals surface area contributed by atoms with Gasteiger partial charge in [-0.05, 0) is 0 Å². The topological polar surface area (TPSA) is 61.8 Å². The maximum atomic E-state index is 12.7. The smallest absolute Gasteiger partial charge is 0.418 e. The lowest BCUT2D eigenvalue weighted by atomic mass is 10.0. The van der Waals surface area contributed by atoms with E-state index in [4.69, 9.17) is 9.47 Å². The van der Waals surface area contributed by atoms with Crippen molar-refractivity contribution in [2.24, 2.45) is 5.92 Å². The van der Waals surface area contributed by atoms with Crippen LogP contribution in [0.3, 0.4) is 0 Å². The van der Waals surface area contributed by atoms with Gasteiger partial charge in [0.1, 0.15) is 6.10 Å². The van der Waals surface area contributed by atoms with Crippen molar-refractivity contribution in [3.8, 4) is 0 Å². The SMILES string of the molecule is CC(C)C(=O)OC1C2CC(=O)OC1C(C(F)(F)F)O2. The predicted molar refractivity (Wildman–Crippen MR) is 53.9 cm³/mol. The normalized spacial score (nSPS) is 34.3. The molecule has 2 aliphatic rings. The van der Waals surface area contributed by atoms with Gasteiger partial charge in [-0.15, -0.1) is 0 Å². The molecule has 0 aromatic rings. The predicted octanol–water partition coefficient (Wildman–Crippen LogP) is 1.20. The first-order chi connectivity index (χ1) is 8.70. The first kappa shape index (κ1) is 14.1. The van der Waals surface area contributed by atoms with E-state index >= 15 is 0 Å². The lowest BCUT2D eigenvalue weighted by Gasteiger charge is -2.28. The van der Waals surface area contributed by atoms with Crippen LogP contribution < -0.4 is 0 Å². The molecule has 0 saturated carbocycles. The van der Waals surface area contributed by atoms with Gasteiger partial charge in [0, 0.05) is 0 Å². The summed E-state index contributed by atoms with van der Waals surface area (Å²) < 4.78 is 52.6. The van der Waals surface area contributed by atoms with Gasteiger partial charge in [-0.25, -0.2) is 0 Å². The van der Waals surface area contributed by atoms with Gasteiger partial charge in [-0.3, -0.25) is 9.59 Å². The Balaban J connectivity index is 2.17. The zero-order valence-electron chi connectivity index (χ0n) is 10.3. The molecule has 4 atom stereocenters. The second-order valence-corrected chi connectivity index (χ2v) is 4.85. The van der Waals surface area contributed by atoms with Crippen molar-refractivity contribution in [3.63, 3.8) is 0 Å². The summed E-state index contributed by atoms with van der Waals surface area (Å²) in [7, 11) is 0. The lowest BCUT2D eigenvalue weighted by molar-refractivity contribution is -0.228. The summed E-state index contributed by atoms with van der Waals surface area (Å²) in [6.07, 6.45) is -11.2. The van der Waals surface area contributed by atoms with E-state index in [1.807, 2.05) is 0 Å². The molecular formula is C11H13F3O5. The highest BCUT2D eigenvalue weighted by atomic mass is 19.4. The Morgan fingerprint density at radius 3 is 2.58 bits per heavy atom. The molecule has 2 fully saturated rings. The molecule has 19 heavy (non-hydrogen) atoms. The summed E-state index contributed by atoms with van der Waals surface area (Å²) in [5.74, 6) is -1.91. The molecule has 0 aliphatic carbocycles. The van der Waals surface area contributed by atoms with E-state index in [2.05, 4.69) is 4.74 Å². The molecule has 108 valence electrons. The minimum atomic E-state index is -4.67. The van der Waals surface area contributed by atoms with Crippen molar-refractivity contribution in [1.82, 2.24) is 0 Å². The van der Waals surface area contributed by atoms with Gasteiger partial charge >= 0.3 is 18.1 Å². The number of halogens is 3. The summed E-state index contributed by atoms with van der Waals surface area (Å²) in [6, 6.07) is 0. The van der Waals surface area contributed by atoms with E-state index in [1.165, 1.54) is 0 Å². The van der Waals surface area contributed by atoms with Gasteiger partial charge in [0.15, 0.2) is 18.3 Å². The number of rotatable bonds is 2. The maximum Gasteiger partial charge on any atom is 0.418 e. The number of carbonyl (C=O) groups excluding carboxylic acids is 2. The number of carbonyl (C=O) groups is 2. The number of hydrogen-bond acceptors (Lipinski definition) is 5. The minimum Gasteiger partial charge on any atom is -0.455 e. The van der Waals surface area contributed by atoms with Gasteiger partial charge in [-0.2, -0.15) is 13.2 Å². The highest BCUT2D eigenvalue weighted by molar-refractivity contribution is 5.74. The average molecular weight is 282 g/mol. The molecule has 0 radical (unpaired) electrons. The van der Waals surface area contributed by atoms with Crippen LogP contribution >= 0.6 is 0 Å². The Hall–Kier alpha value is -1.31. The molecule has 8 heteroatoms. The van der Waals surface area contributed by atoms with Crippen LogP contribution in [0.4, 0.5) is 13.2 Å². The summed E-state index contributed by atoms with van der Waals surface area (Å²) in [5.41, 5.74) is 0. The Morgan fingerprint density at radius 2 is 2.05 bits per heavy atom. The molecule has 0 aromatic heterocycles. The Labute approximate surface area is 107 Å². The summed E-state index contributed by atoms with van der Waals surface area (Å²) >= 11 is 0. The second kappa shape index (κ2) is 4.66. The van der Waals surface area contributed by atoms with E-state index < -0.39 is 48.4 Å². The molecule has 2 aliphatic heterocycles. The quantitative estimate of drug-likeness (QED) is 0.712. The van der Waals surface area contributed by atoms with E-state index in [9.17, 15) is 22.8 Å². The third-order valence-electron chi connectivity index (χ3n) is 2.99. The number of fused-ring (bicyclic) bond motifs is 2. The third kappa shape index (κ3) is 2.68. The van der Waals surface area contributed by atoms with Crippen LogP contribution in [0.2, 0.25) is 0 Å². The fourth-order valence-electron chi connectivity index (χ4n) is 2.06. The van der Waals surface area contributed by atoms with Crippen LogP contribution in [0, 0.1) is 5.92 Å². The first-order valence-electron chi connectivity index (χ1n) is 5.82.